The average molecular weight is 420 g/mol. The van der Waals surface area contributed by atoms with E-state index in [1.807, 2.05) is 30.3 Å². The smallest absolute Gasteiger partial charge is 0.261 e. The van der Waals surface area contributed by atoms with E-state index in [9.17, 15) is 13.2 Å². The lowest BCUT2D eigenvalue weighted by atomic mass is 10.1. The second kappa shape index (κ2) is 9.36. The summed E-state index contributed by atoms with van der Waals surface area (Å²) in [5.74, 6) is -0.204. The molecule has 1 aliphatic heterocycles. The molecule has 2 atom stereocenters. The van der Waals surface area contributed by atoms with Gasteiger partial charge in [0.2, 0.25) is 10.0 Å². The van der Waals surface area contributed by atoms with Gasteiger partial charge in [-0.1, -0.05) is 30.3 Å². The lowest BCUT2D eigenvalue weighted by Crippen LogP contribution is -2.45. The SMILES string of the molecule is COc1ccc(S(=O)(=O)N2C[C@@H](NCCc3ccccc3)C[C@@H]2C(=O)NO)cc1. The molecule has 156 valence electrons. The molecule has 1 fully saturated rings. The van der Waals surface area contributed by atoms with Crippen LogP contribution in [0.1, 0.15) is 12.0 Å². The maximum absolute atomic E-state index is 13.1. The van der Waals surface area contributed by atoms with Crippen molar-refractivity contribution in [1.29, 1.82) is 0 Å². The lowest BCUT2D eigenvalue weighted by Gasteiger charge is -2.22. The zero-order valence-corrected chi connectivity index (χ0v) is 16.9. The van der Waals surface area contributed by atoms with Crippen molar-refractivity contribution in [2.75, 3.05) is 20.2 Å². The topological polar surface area (TPSA) is 108 Å². The minimum absolute atomic E-state index is 0.0685. The van der Waals surface area contributed by atoms with Crippen LogP contribution in [0, 0.1) is 0 Å². The number of hydrogen-bond acceptors (Lipinski definition) is 6. The van der Waals surface area contributed by atoms with Gasteiger partial charge in [0.15, 0.2) is 0 Å². The molecular formula is C20H25N3O5S. The molecule has 29 heavy (non-hydrogen) atoms. The van der Waals surface area contributed by atoms with Crippen molar-refractivity contribution in [3.05, 3.63) is 60.2 Å². The number of rotatable bonds is 8. The van der Waals surface area contributed by atoms with Crippen molar-refractivity contribution < 1.29 is 23.2 Å². The quantitative estimate of drug-likeness (QED) is 0.438. The molecule has 0 bridgehead atoms. The Hall–Kier alpha value is -2.46. The Morgan fingerprint density at radius 1 is 1.17 bits per heavy atom. The number of sulfonamides is 1. The highest BCUT2D eigenvalue weighted by molar-refractivity contribution is 7.89. The lowest BCUT2D eigenvalue weighted by molar-refractivity contribution is -0.132. The van der Waals surface area contributed by atoms with E-state index in [1.54, 1.807) is 17.6 Å². The maximum atomic E-state index is 13.1. The summed E-state index contributed by atoms with van der Waals surface area (Å²) in [7, 11) is -2.41. The second-order valence-electron chi connectivity index (χ2n) is 6.86. The Balaban J connectivity index is 1.72. The molecule has 8 nitrogen and oxygen atoms in total. The molecule has 0 radical (unpaired) electrons. The molecule has 2 aromatic carbocycles. The van der Waals surface area contributed by atoms with Crippen LogP contribution in [0.5, 0.6) is 5.75 Å². The molecule has 3 N–H and O–H groups in total. The van der Waals surface area contributed by atoms with Crippen molar-refractivity contribution in [1.82, 2.24) is 15.1 Å². The minimum atomic E-state index is -3.91. The molecule has 0 unspecified atom stereocenters. The Kier molecular flexibility index (Phi) is 6.86. The van der Waals surface area contributed by atoms with Gasteiger partial charge in [-0.05, 0) is 49.2 Å². The van der Waals surface area contributed by atoms with Crippen molar-refractivity contribution in [2.24, 2.45) is 0 Å². The summed E-state index contributed by atoms with van der Waals surface area (Å²) < 4.78 is 32.4. The normalized spacial score (nSPS) is 19.8. The summed E-state index contributed by atoms with van der Waals surface area (Å²) in [5, 5.41) is 12.4. The van der Waals surface area contributed by atoms with E-state index in [0.717, 1.165) is 10.7 Å². The average Bonchev–Trinajstić information content (AvgIpc) is 3.19. The minimum Gasteiger partial charge on any atom is -0.497 e. The zero-order chi connectivity index (χ0) is 20.9. The molecular weight excluding hydrogens is 394 g/mol. The highest BCUT2D eigenvalue weighted by Crippen LogP contribution is 2.27. The summed E-state index contributed by atoms with van der Waals surface area (Å²) in [6.45, 7) is 0.791. The molecule has 1 saturated heterocycles. The number of benzene rings is 2. The molecule has 0 spiro atoms. The van der Waals surface area contributed by atoms with Crippen molar-refractivity contribution in [2.45, 2.75) is 29.8 Å². The fraction of sp³-hybridized carbons (Fsp3) is 0.350. The van der Waals surface area contributed by atoms with Crippen LogP contribution in [0.25, 0.3) is 0 Å². The summed E-state index contributed by atoms with van der Waals surface area (Å²) in [6, 6.07) is 14.8. The molecule has 9 heteroatoms. The fourth-order valence-electron chi connectivity index (χ4n) is 3.48. The second-order valence-corrected chi connectivity index (χ2v) is 8.76. The van der Waals surface area contributed by atoms with Crippen LogP contribution in [0.3, 0.4) is 0 Å². The summed E-state index contributed by atoms with van der Waals surface area (Å²) in [4.78, 5) is 12.2. The van der Waals surface area contributed by atoms with Gasteiger partial charge in [0.25, 0.3) is 5.91 Å². The molecule has 0 saturated carbocycles. The first-order valence-electron chi connectivity index (χ1n) is 9.33. The maximum Gasteiger partial charge on any atom is 0.261 e. The Morgan fingerprint density at radius 2 is 1.86 bits per heavy atom. The van der Waals surface area contributed by atoms with Crippen LogP contribution in [-0.4, -0.2) is 56.1 Å². The van der Waals surface area contributed by atoms with Crippen molar-refractivity contribution >= 4 is 15.9 Å². The highest BCUT2D eigenvalue weighted by atomic mass is 32.2. The number of amides is 1. The molecule has 2 aromatic rings. The Bertz CT molecular complexity index is 919. The first-order chi connectivity index (χ1) is 14.0. The van der Waals surface area contributed by atoms with E-state index >= 15 is 0 Å². The largest absolute Gasteiger partial charge is 0.497 e. The van der Waals surface area contributed by atoms with Crippen LogP contribution in [-0.2, 0) is 21.2 Å². The number of nitrogens with zero attached hydrogens (tertiary/aromatic N) is 1. The van der Waals surface area contributed by atoms with Gasteiger partial charge in [-0.25, -0.2) is 13.9 Å². The standard InChI is InChI=1S/C20H25N3O5S/c1-28-17-7-9-18(10-8-17)29(26,27)23-14-16(13-19(23)20(24)22-25)21-12-11-15-5-3-2-4-6-15/h2-10,16,19,21,25H,11-14H2,1H3,(H,22,24)/t16-,19+/m0/s1. The van der Waals surface area contributed by atoms with Gasteiger partial charge in [0.05, 0.1) is 12.0 Å². The highest BCUT2D eigenvalue weighted by Gasteiger charge is 2.43. The van der Waals surface area contributed by atoms with E-state index in [1.165, 1.54) is 24.8 Å². The van der Waals surface area contributed by atoms with Crippen LogP contribution >= 0.6 is 0 Å². The van der Waals surface area contributed by atoms with Gasteiger partial charge < -0.3 is 10.1 Å². The van der Waals surface area contributed by atoms with E-state index in [0.29, 0.717) is 12.3 Å². The zero-order valence-electron chi connectivity index (χ0n) is 16.1. The monoisotopic (exact) mass is 419 g/mol. The summed E-state index contributed by atoms with van der Waals surface area (Å²) in [5.41, 5.74) is 2.76. The van der Waals surface area contributed by atoms with Gasteiger partial charge in [0.1, 0.15) is 11.8 Å². The first kappa shape index (κ1) is 21.3. The molecule has 1 heterocycles. The van der Waals surface area contributed by atoms with Gasteiger partial charge in [-0.15, -0.1) is 0 Å². The number of hydroxylamine groups is 1. The number of ether oxygens (including phenoxy) is 1. The predicted octanol–water partition coefficient (Wildman–Crippen LogP) is 1.16. The first-order valence-corrected chi connectivity index (χ1v) is 10.8. The van der Waals surface area contributed by atoms with Crippen molar-refractivity contribution in [3.63, 3.8) is 0 Å². The number of hydrogen-bond donors (Lipinski definition) is 3. The molecule has 3 rings (SSSR count). The Morgan fingerprint density at radius 3 is 2.48 bits per heavy atom. The third kappa shape index (κ3) is 4.94. The number of nitrogens with one attached hydrogen (secondary N) is 2. The molecule has 1 amide bonds. The van der Waals surface area contributed by atoms with E-state index in [4.69, 9.17) is 9.94 Å². The predicted molar refractivity (Wildman–Crippen MR) is 107 cm³/mol. The van der Waals surface area contributed by atoms with E-state index in [-0.39, 0.29) is 23.9 Å². The summed E-state index contributed by atoms with van der Waals surface area (Å²) in [6.07, 6.45) is 1.07. The molecule has 1 aliphatic rings. The number of carbonyl (C=O) groups is 1. The summed E-state index contributed by atoms with van der Waals surface area (Å²) >= 11 is 0. The van der Waals surface area contributed by atoms with E-state index < -0.39 is 22.0 Å². The van der Waals surface area contributed by atoms with Crippen LogP contribution in [0.4, 0.5) is 0 Å². The van der Waals surface area contributed by atoms with Gasteiger partial charge in [-0.3, -0.25) is 10.0 Å². The molecule has 0 aliphatic carbocycles. The van der Waals surface area contributed by atoms with Gasteiger partial charge in [-0.2, -0.15) is 4.31 Å². The Labute approximate surface area is 170 Å². The van der Waals surface area contributed by atoms with Gasteiger partial charge >= 0.3 is 0 Å². The number of methoxy groups -OCH3 is 1. The number of carbonyl (C=O) groups excluding carboxylic acids is 1. The van der Waals surface area contributed by atoms with Crippen molar-refractivity contribution in [3.8, 4) is 5.75 Å². The van der Waals surface area contributed by atoms with E-state index in [2.05, 4.69) is 5.32 Å². The third-order valence-electron chi connectivity index (χ3n) is 5.02. The van der Waals surface area contributed by atoms with Crippen LogP contribution in [0.2, 0.25) is 0 Å². The van der Waals surface area contributed by atoms with Crippen LogP contribution < -0.4 is 15.5 Å². The fourth-order valence-corrected chi connectivity index (χ4v) is 5.12. The van der Waals surface area contributed by atoms with Gasteiger partial charge in [0, 0.05) is 12.6 Å². The van der Waals surface area contributed by atoms with Crippen LogP contribution in [0.15, 0.2) is 59.5 Å². The molecule has 0 aromatic heterocycles. The third-order valence-corrected chi connectivity index (χ3v) is 6.91.